The molecular weight excluding hydrogens is 545 g/mol. The molecule has 10 heteroatoms. The molecule has 4 rings (SSSR count). The van der Waals surface area contributed by atoms with E-state index in [9.17, 15) is 27.6 Å². The van der Waals surface area contributed by atoms with E-state index in [1.165, 1.54) is 30.5 Å². The van der Waals surface area contributed by atoms with E-state index in [2.05, 4.69) is 20.5 Å². The highest BCUT2D eigenvalue weighted by Crippen LogP contribution is 2.32. The maximum absolute atomic E-state index is 13.1. The van der Waals surface area contributed by atoms with Crippen LogP contribution in [0.2, 0.25) is 0 Å². The summed E-state index contributed by atoms with van der Waals surface area (Å²) >= 11 is 0. The first-order valence-corrected chi connectivity index (χ1v) is 13.3. The summed E-state index contributed by atoms with van der Waals surface area (Å²) < 4.78 is 39.2. The molecule has 0 fully saturated rings. The van der Waals surface area contributed by atoms with Crippen molar-refractivity contribution in [2.75, 3.05) is 23.3 Å². The Kier molecular flexibility index (Phi) is 9.36. The van der Waals surface area contributed by atoms with Gasteiger partial charge in [0.25, 0.3) is 11.8 Å². The molecule has 0 saturated carbocycles. The van der Waals surface area contributed by atoms with Crippen molar-refractivity contribution in [2.24, 2.45) is 0 Å². The number of benzene rings is 3. The van der Waals surface area contributed by atoms with Crippen molar-refractivity contribution < 1.29 is 27.6 Å². The van der Waals surface area contributed by atoms with Crippen molar-refractivity contribution in [3.8, 4) is 11.3 Å². The number of carbonyl (C=O) groups is 3. The van der Waals surface area contributed by atoms with Gasteiger partial charge < -0.3 is 15.5 Å². The van der Waals surface area contributed by atoms with Gasteiger partial charge >= 0.3 is 6.18 Å². The molecule has 0 aliphatic rings. The topological polar surface area (TPSA) is 91.4 Å². The smallest absolute Gasteiger partial charge is 0.372 e. The zero-order chi connectivity index (χ0) is 30.3. The third-order valence-corrected chi connectivity index (χ3v) is 6.67. The van der Waals surface area contributed by atoms with Crippen LogP contribution < -0.4 is 15.5 Å². The molecule has 42 heavy (non-hydrogen) atoms. The number of aldehydes is 1. The number of hydrogen-bond acceptors (Lipinski definition) is 5. The predicted octanol–water partition coefficient (Wildman–Crippen LogP) is 6.61. The molecule has 0 unspecified atom stereocenters. The third kappa shape index (κ3) is 7.20. The minimum absolute atomic E-state index is 0.0982. The lowest BCUT2D eigenvalue weighted by atomic mass is 10.0. The number of alkyl halides is 3. The summed E-state index contributed by atoms with van der Waals surface area (Å²) in [5.74, 6) is -0.919. The lowest BCUT2D eigenvalue weighted by Gasteiger charge is -2.23. The van der Waals surface area contributed by atoms with Gasteiger partial charge in [-0.25, -0.2) is 0 Å². The summed E-state index contributed by atoms with van der Waals surface area (Å²) in [6.45, 7) is 5.43. The Morgan fingerprint density at radius 1 is 0.881 bits per heavy atom. The van der Waals surface area contributed by atoms with E-state index in [-0.39, 0.29) is 12.1 Å². The van der Waals surface area contributed by atoms with E-state index < -0.39 is 23.6 Å². The van der Waals surface area contributed by atoms with E-state index in [1.54, 1.807) is 30.3 Å². The van der Waals surface area contributed by atoms with E-state index >= 15 is 0 Å². The Morgan fingerprint density at radius 3 is 2.33 bits per heavy atom. The average molecular weight is 575 g/mol. The molecule has 1 heterocycles. The van der Waals surface area contributed by atoms with Crippen molar-refractivity contribution in [2.45, 2.75) is 26.6 Å². The van der Waals surface area contributed by atoms with Gasteiger partial charge in [-0.05, 0) is 74.0 Å². The van der Waals surface area contributed by atoms with Crippen LogP contribution in [0.3, 0.4) is 0 Å². The Balaban J connectivity index is 1.63. The molecule has 3 aromatic carbocycles. The molecule has 0 spiro atoms. The fraction of sp³-hybridized carbons (Fsp3) is 0.188. The van der Waals surface area contributed by atoms with Crippen molar-refractivity contribution in [3.63, 3.8) is 0 Å². The summed E-state index contributed by atoms with van der Waals surface area (Å²) in [7, 11) is 0. The molecule has 7 nitrogen and oxygen atoms in total. The molecule has 0 bridgehead atoms. The van der Waals surface area contributed by atoms with Gasteiger partial charge in [-0.3, -0.25) is 19.4 Å². The van der Waals surface area contributed by atoms with Gasteiger partial charge in [0.1, 0.15) is 6.29 Å². The summed E-state index contributed by atoms with van der Waals surface area (Å²) in [4.78, 5) is 43.8. The number of amides is 2. The van der Waals surface area contributed by atoms with Crippen LogP contribution >= 0.6 is 0 Å². The predicted molar refractivity (Wildman–Crippen MR) is 156 cm³/mol. The molecule has 0 aliphatic carbocycles. The highest BCUT2D eigenvalue weighted by Gasteiger charge is 2.30. The largest absolute Gasteiger partial charge is 0.416 e. The van der Waals surface area contributed by atoms with Crippen molar-refractivity contribution >= 4 is 29.5 Å². The number of rotatable bonds is 10. The zero-order valence-corrected chi connectivity index (χ0v) is 23.0. The van der Waals surface area contributed by atoms with E-state index in [0.717, 1.165) is 30.9 Å². The number of nitrogens with one attached hydrogen (secondary N) is 2. The van der Waals surface area contributed by atoms with Crippen LogP contribution in [0.4, 0.5) is 24.5 Å². The Labute approximate surface area is 241 Å². The quantitative estimate of drug-likeness (QED) is 0.208. The Bertz CT molecular complexity index is 1600. The molecule has 1 aromatic heterocycles. The highest BCUT2D eigenvalue weighted by atomic mass is 19.4. The summed E-state index contributed by atoms with van der Waals surface area (Å²) in [5.41, 5.74) is 2.73. The second-order valence-corrected chi connectivity index (χ2v) is 9.41. The first-order valence-electron chi connectivity index (χ1n) is 13.3. The Morgan fingerprint density at radius 2 is 1.62 bits per heavy atom. The van der Waals surface area contributed by atoms with Gasteiger partial charge in [-0.15, -0.1) is 0 Å². The first kappa shape index (κ1) is 30.0. The maximum Gasteiger partial charge on any atom is 0.416 e. The van der Waals surface area contributed by atoms with Crippen LogP contribution in [0.5, 0.6) is 0 Å². The Hall–Kier alpha value is -4.99. The number of nitrogens with zero attached hydrogens (tertiary/aromatic N) is 2. The van der Waals surface area contributed by atoms with Gasteiger partial charge in [0, 0.05) is 53.8 Å². The van der Waals surface area contributed by atoms with Crippen LogP contribution in [0.15, 0.2) is 85.1 Å². The highest BCUT2D eigenvalue weighted by molar-refractivity contribution is 6.07. The SMILES string of the molecule is CCN(CC)c1ccc(NC(=O)c2cccc(C=O)c2)c(-c2cc(C(=O)NCc3cccc(C(F)(F)F)c3)ccn2)c1. The number of halogens is 3. The molecule has 0 radical (unpaired) electrons. The standard InChI is InChI=1S/C32H29F3N4O3/c1-3-39(4-2)26-11-12-28(38-31(42)23-9-5-8-22(15-23)20-40)27(18-26)29-17-24(13-14-36-29)30(41)37-19-21-7-6-10-25(16-21)32(33,34)35/h5-18,20H,3-4,19H2,1-2H3,(H,37,41)(H,38,42). The number of aromatic nitrogens is 1. The second-order valence-electron chi connectivity index (χ2n) is 9.41. The van der Waals surface area contributed by atoms with Crippen LogP contribution in [-0.2, 0) is 12.7 Å². The molecule has 0 atom stereocenters. The van der Waals surface area contributed by atoms with Crippen LogP contribution in [0.25, 0.3) is 11.3 Å². The van der Waals surface area contributed by atoms with Crippen LogP contribution in [-0.4, -0.2) is 36.2 Å². The maximum atomic E-state index is 13.1. The number of anilines is 2. The minimum atomic E-state index is -4.48. The fourth-order valence-corrected chi connectivity index (χ4v) is 4.45. The fourth-order valence-electron chi connectivity index (χ4n) is 4.45. The minimum Gasteiger partial charge on any atom is -0.372 e. The van der Waals surface area contributed by atoms with Gasteiger partial charge in [-0.2, -0.15) is 13.2 Å². The van der Waals surface area contributed by atoms with Crippen LogP contribution in [0, 0.1) is 0 Å². The van der Waals surface area contributed by atoms with Gasteiger partial charge in [0.15, 0.2) is 0 Å². The second kappa shape index (κ2) is 13.1. The summed E-state index contributed by atoms with van der Waals surface area (Å²) in [6.07, 6.45) is -2.36. The lowest BCUT2D eigenvalue weighted by molar-refractivity contribution is -0.137. The normalized spacial score (nSPS) is 11.1. The molecule has 4 aromatic rings. The molecule has 0 saturated heterocycles. The lowest BCUT2D eigenvalue weighted by Crippen LogP contribution is -2.23. The van der Waals surface area contributed by atoms with Gasteiger partial charge in [0.2, 0.25) is 0 Å². The van der Waals surface area contributed by atoms with Crippen molar-refractivity contribution in [1.82, 2.24) is 10.3 Å². The molecule has 2 N–H and O–H groups in total. The van der Waals surface area contributed by atoms with Gasteiger partial charge in [-0.1, -0.05) is 24.3 Å². The third-order valence-electron chi connectivity index (χ3n) is 6.67. The van der Waals surface area contributed by atoms with Gasteiger partial charge in [0.05, 0.1) is 16.9 Å². The monoisotopic (exact) mass is 574 g/mol. The zero-order valence-electron chi connectivity index (χ0n) is 23.0. The summed E-state index contributed by atoms with van der Waals surface area (Å²) in [5, 5.41) is 5.54. The molecular formula is C32H29F3N4O3. The average Bonchev–Trinajstić information content (AvgIpc) is 3.00. The number of hydrogen-bond donors (Lipinski definition) is 2. The van der Waals surface area contributed by atoms with Crippen LogP contribution in [0.1, 0.15) is 56.0 Å². The van der Waals surface area contributed by atoms with E-state index in [4.69, 9.17) is 0 Å². The van der Waals surface area contributed by atoms with Crippen molar-refractivity contribution in [3.05, 3.63) is 113 Å². The first-order chi connectivity index (χ1) is 20.1. The van der Waals surface area contributed by atoms with E-state index in [0.29, 0.717) is 39.9 Å². The molecule has 0 aliphatic heterocycles. The number of pyridine rings is 1. The number of carbonyl (C=O) groups excluding carboxylic acids is 3. The van der Waals surface area contributed by atoms with E-state index in [1.807, 2.05) is 26.0 Å². The molecule has 216 valence electrons. The van der Waals surface area contributed by atoms with Crippen molar-refractivity contribution in [1.29, 1.82) is 0 Å². The molecule has 2 amide bonds. The summed E-state index contributed by atoms with van der Waals surface area (Å²) in [6, 6.07) is 19.6.